The number of hydrogen-bond acceptors (Lipinski definition) is 3. The van der Waals surface area contributed by atoms with Gasteiger partial charge in [0.05, 0.1) is 5.69 Å². The minimum absolute atomic E-state index is 0.239. The topological polar surface area (TPSA) is 67.4 Å². The second-order valence-corrected chi connectivity index (χ2v) is 5.34. The number of benzene rings is 2. The number of amides is 2. The van der Waals surface area contributed by atoms with Crippen LogP contribution in [0.1, 0.15) is 12.5 Å². The lowest BCUT2D eigenvalue weighted by Crippen LogP contribution is -2.34. The van der Waals surface area contributed by atoms with Crippen molar-refractivity contribution in [1.29, 1.82) is 0 Å². The Kier molecular flexibility index (Phi) is 4.29. The monoisotopic (exact) mass is 326 g/mol. The van der Waals surface area contributed by atoms with E-state index in [4.69, 9.17) is 4.74 Å². The number of fused-ring (bicyclic) bond motifs is 1. The predicted octanol–water partition coefficient (Wildman–Crippen LogP) is 3.20. The van der Waals surface area contributed by atoms with E-state index < -0.39 is 6.10 Å². The molecule has 0 fully saturated rings. The summed E-state index contributed by atoms with van der Waals surface area (Å²) in [6.45, 7) is 1.66. The first-order valence-electron chi connectivity index (χ1n) is 7.37. The van der Waals surface area contributed by atoms with Crippen molar-refractivity contribution in [3.63, 3.8) is 0 Å². The number of ether oxygens (including phenoxy) is 1. The number of rotatable bonds is 3. The summed E-state index contributed by atoms with van der Waals surface area (Å²) < 4.78 is 18.5. The fourth-order valence-corrected chi connectivity index (χ4v) is 2.25. The SMILES string of the molecule is C[C@@H]1Oc2ccc(NC(=O)/C=C/c3cccc(F)c3)cc2NC1=O. The van der Waals surface area contributed by atoms with Gasteiger partial charge >= 0.3 is 0 Å². The molecule has 0 aliphatic carbocycles. The van der Waals surface area contributed by atoms with Crippen LogP contribution in [-0.4, -0.2) is 17.9 Å². The number of halogens is 1. The highest BCUT2D eigenvalue weighted by Crippen LogP contribution is 2.32. The average Bonchev–Trinajstić information content (AvgIpc) is 2.54. The lowest BCUT2D eigenvalue weighted by Gasteiger charge is -2.23. The molecule has 1 aliphatic rings. The van der Waals surface area contributed by atoms with E-state index in [1.807, 2.05) is 0 Å². The molecule has 0 saturated heterocycles. The van der Waals surface area contributed by atoms with Crippen LogP contribution in [0.25, 0.3) is 6.08 Å². The highest BCUT2D eigenvalue weighted by Gasteiger charge is 2.23. The third-order valence-corrected chi connectivity index (χ3v) is 3.45. The van der Waals surface area contributed by atoms with Crippen LogP contribution in [0, 0.1) is 5.82 Å². The zero-order valence-corrected chi connectivity index (χ0v) is 12.9. The summed E-state index contributed by atoms with van der Waals surface area (Å²) in [7, 11) is 0. The van der Waals surface area contributed by atoms with Crippen molar-refractivity contribution in [3.8, 4) is 5.75 Å². The first-order valence-corrected chi connectivity index (χ1v) is 7.37. The predicted molar refractivity (Wildman–Crippen MR) is 89.2 cm³/mol. The zero-order valence-electron chi connectivity index (χ0n) is 12.9. The first kappa shape index (κ1) is 15.7. The number of hydrogen-bond donors (Lipinski definition) is 2. The van der Waals surface area contributed by atoms with Crippen molar-refractivity contribution >= 4 is 29.3 Å². The molecule has 6 heteroatoms. The second-order valence-electron chi connectivity index (χ2n) is 5.34. The van der Waals surface area contributed by atoms with Crippen LogP contribution in [0.4, 0.5) is 15.8 Å². The lowest BCUT2D eigenvalue weighted by atomic mass is 10.2. The molecule has 1 atom stereocenters. The van der Waals surface area contributed by atoms with Crippen molar-refractivity contribution in [2.75, 3.05) is 10.6 Å². The van der Waals surface area contributed by atoms with Gasteiger partial charge in [0.2, 0.25) is 5.91 Å². The minimum atomic E-state index is -0.549. The van der Waals surface area contributed by atoms with Gasteiger partial charge in [-0.15, -0.1) is 0 Å². The van der Waals surface area contributed by atoms with Gasteiger partial charge in [0.25, 0.3) is 5.91 Å². The fraction of sp³-hybridized carbons (Fsp3) is 0.111. The second kappa shape index (κ2) is 6.54. The van der Waals surface area contributed by atoms with Crippen LogP contribution in [0.15, 0.2) is 48.5 Å². The molecule has 0 bridgehead atoms. The Morgan fingerprint density at radius 3 is 2.92 bits per heavy atom. The van der Waals surface area contributed by atoms with Gasteiger partial charge in [0.1, 0.15) is 11.6 Å². The van der Waals surface area contributed by atoms with E-state index in [1.165, 1.54) is 24.3 Å². The molecule has 5 nitrogen and oxygen atoms in total. The maximum Gasteiger partial charge on any atom is 0.265 e. The summed E-state index contributed by atoms with van der Waals surface area (Å²) in [6.07, 6.45) is 2.28. The molecule has 0 aromatic heterocycles. The van der Waals surface area contributed by atoms with Gasteiger partial charge in [-0.25, -0.2) is 4.39 Å². The molecule has 2 amide bonds. The van der Waals surface area contributed by atoms with Gasteiger partial charge in [-0.3, -0.25) is 9.59 Å². The zero-order chi connectivity index (χ0) is 17.1. The van der Waals surface area contributed by atoms with Gasteiger partial charge in [-0.1, -0.05) is 12.1 Å². The molecule has 1 aliphatic heterocycles. The highest BCUT2D eigenvalue weighted by atomic mass is 19.1. The van der Waals surface area contributed by atoms with E-state index in [0.717, 1.165) is 0 Å². The summed E-state index contributed by atoms with van der Waals surface area (Å²) in [5.41, 5.74) is 1.61. The molecule has 2 aromatic carbocycles. The summed E-state index contributed by atoms with van der Waals surface area (Å²) in [5, 5.41) is 5.39. The average molecular weight is 326 g/mol. The van der Waals surface area contributed by atoms with Crippen LogP contribution in [-0.2, 0) is 9.59 Å². The molecule has 2 N–H and O–H groups in total. The quantitative estimate of drug-likeness (QED) is 0.851. The maximum absolute atomic E-state index is 13.1. The molecule has 0 spiro atoms. The molecule has 2 aromatic rings. The third kappa shape index (κ3) is 3.60. The Balaban J connectivity index is 1.69. The molecular formula is C18H15FN2O3. The van der Waals surface area contributed by atoms with Gasteiger partial charge < -0.3 is 15.4 Å². The normalized spacial score (nSPS) is 16.2. The molecule has 24 heavy (non-hydrogen) atoms. The molecule has 0 saturated carbocycles. The fourth-order valence-electron chi connectivity index (χ4n) is 2.25. The van der Waals surface area contributed by atoms with Crippen LogP contribution < -0.4 is 15.4 Å². The highest BCUT2D eigenvalue weighted by molar-refractivity contribution is 6.03. The van der Waals surface area contributed by atoms with E-state index in [0.29, 0.717) is 22.7 Å². The van der Waals surface area contributed by atoms with Crippen molar-refractivity contribution in [3.05, 3.63) is 59.9 Å². The van der Waals surface area contributed by atoms with Crippen molar-refractivity contribution in [1.82, 2.24) is 0 Å². The number of carbonyl (C=O) groups is 2. The summed E-state index contributed by atoms with van der Waals surface area (Å²) >= 11 is 0. The molecule has 1 heterocycles. The van der Waals surface area contributed by atoms with Gasteiger partial charge in [-0.2, -0.15) is 0 Å². The van der Waals surface area contributed by atoms with Crippen molar-refractivity contribution < 1.29 is 18.7 Å². The number of nitrogens with one attached hydrogen (secondary N) is 2. The Bertz CT molecular complexity index is 833. The van der Waals surface area contributed by atoms with Crippen molar-refractivity contribution in [2.24, 2.45) is 0 Å². The summed E-state index contributed by atoms with van der Waals surface area (Å²) in [5.74, 6) is -0.416. The molecular weight excluding hydrogens is 311 g/mol. The van der Waals surface area contributed by atoms with E-state index >= 15 is 0 Å². The Morgan fingerprint density at radius 2 is 2.12 bits per heavy atom. The molecule has 0 unspecified atom stereocenters. The Labute approximate surface area is 138 Å². The standard InChI is InChI=1S/C18H15FN2O3/c1-11-18(23)21-15-10-14(6-7-16(15)24-11)20-17(22)8-5-12-3-2-4-13(19)9-12/h2-11H,1H3,(H,20,22)(H,21,23)/b8-5+/t11-/m0/s1. The van der Waals surface area contributed by atoms with E-state index in [1.54, 1.807) is 37.3 Å². The van der Waals surface area contributed by atoms with Crippen LogP contribution in [0.5, 0.6) is 5.75 Å². The van der Waals surface area contributed by atoms with Gasteiger partial charge in [-0.05, 0) is 48.9 Å². The van der Waals surface area contributed by atoms with E-state index in [9.17, 15) is 14.0 Å². The van der Waals surface area contributed by atoms with E-state index in [-0.39, 0.29) is 17.6 Å². The molecule has 122 valence electrons. The van der Waals surface area contributed by atoms with E-state index in [2.05, 4.69) is 10.6 Å². The van der Waals surface area contributed by atoms with Gasteiger partial charge in [0, 0.05) is 11.8 Å². The number of anilines is 2. The smallest absolute Gasteiger partial charge is 0.265 e. The van der Waals surface area contributed by atoms with Crippen LogP contribution in [0.3, 0.4) is 0 Å². The summed E-state index contributed by atoms with van der Waals surface area (Å²) in [6, 6.07) is 10.9. The Morgan fingerprint density at radius 1 is 1.29 bits per heavy atom. The van der Waals surface area contributed by atoms with Crippen LogP contribution in [0.2, 0.25) is 0 Å². The molecule has 3 rings (SSSR count). The van der Waals surface area contributed by atoms with Crippen LogP contribution >= 0.6 is 0 Å². The first-order chi connectivity index (χ1) is 11.5. The number of carbonyl (C=O) groups excluding carboxylic acids is 2. The Hall–Kier alpha value is -3.15. The largest absolute Gasteiger partial charge is 0.479 e. The maximum atomic E-state index is 13.1. The third-order valence-electron chi connectivity index (χ3n) is 3.45. The van der Waals surface area contributed by atoms with Crippen molar-refractivity contribution in [2.45, 2.75) is 13.0 Å². The molecule has 0 radical (unpaired) electrons. The summed E-state index contributed by atoms with van der Waals surface area (Å²) in [4.78, 5) is 23.6. The minimum Gasteiger partial charge on any atom is -0.479 e. The van der Waals surface area contributed by atoms with Gasteiger partial charge in [0.15, 0.2) is 6.10 Å². The lowest BCUT2D eigenvalue weighted by molar-refractivity contribution is -0.122.